The summed E-state index contributed by atoms with van der Waals surface area (Å²) in [4.78, 5) is 15.6. The number of amides is 1. The summed E-state index contributed by atoms with van der Waals surface area (Å²) >= 11 is 11.5. The Kier molecular flexibility index (Phi) is 6.05. The van der Waals surface area contributed by atoms with Crippen molar-refractivity contribution in [1.29, 1.82) is 0 Å². The van der Waals surface area contributed by atoms with E-state index in [0.717, 1.165) is 0 Å². The standard InChI is InChI=1S/C11H14Cl2N2O2S/c1-7(18(2)17)5-6-14-11(16)8-3-4-9(12)15-10(8)13/h3-4,7H,5-6H2,1-2H3,(H,14,16). The molecule has 0 aromatic carbocycles. The Bertz CT molecular complexity index is 468. The van der Waals surface area contributed by atoms with Crippen LogP contribution in [0.25, 0.3) is 0 Å². The van der Waals surface area contributed by atoms with Gasteiger partial charge in [0, 0.05) is 28.9 Å². The van der Waals surface area contributed by atoms with E-state index in [1.165, 1.54) is 12.1 Å². The molecule has 0 aliphatic heterocycles. The van der Waals surface area contributed by atoms with Crippen molar-refractivity contribution >= 4 is 39.9 Å². The van der Waals surface area contributed by atoms with Gasteiger partial charge in [0.15, 0.2) is 0 Å². The molecule has 1 N–H and O–H groups in total. The van der Waals surface area contributed by atoms with Gasteiger partial charge in [0.2, 0.25) is 0 Å². The normalized spacial score (nSPS) is 14.0. The van der Waals surface area contributed by atoms with Gasteiger partial charge in [0.25, 0.3) is 5.91 Å². The largest absolute Gasteiger partial charge is 0.352 e. The molecule has 0 bridgehead atoms. The fourth-order valence-corrected chi connectivity index (χ4v) is 2.11. The highest BCUT2D eigenvalue weighted by molar-refractivity contribution is 7.84. The Balaban J connectivity index is 2.53. The fourth-order valence-electron chi connectivity index (χ4n) is 1.23. The molecule has 1 rings (SSSR count). The van der Waals surface area contributed by atoms with Crippen molar-refractivity contribution in [3.63, 3.8) is 0 Å². The van der Waals surface area contributed by atoms with E-state index in [4.69, 9.17) is 23.2 Å². The summed E-state index contributed by atoms with van der Waals surface area (Å²) < 4.78 is 11.1. The van der Waals surface area contributed by atoms with Crippen LogP contribution in [-0.4, -0.2) is 33.2 Å². The van der Waals surface area contributed by atoms with Gasteiger partial charge < -0.3 is 5.32 Å². The average molecular weight is 309 g/mol. The van der Waals surface area contributed by atoms with Crippen LogP contribution in [0.4, 0.5) is 0 Å². The van der Waals surface area contributed by atoms with Gasteiger partial charge in [-0.1, -0.05) is 30.1 Å². The number of aromatic nitrogens is 1. The smallest absolute Gasteiger partial charge is 0.254 e. The van der Waals surface area contributed by atoms with Crippen LogP contribution in [0.1, 0.15) is 23.7 Å². The summed E-state index contributed by atoms with van der Waals surface area (Å²) in [5.74, 6) is -0.307. The summed E-state index contributed by atoms with van der Waals surface area (Å²) in [5.41, 5.74) is 0.284. The maximum absolute atomic E-state index is 11.8. The molecule has 1 aromatic rings. The average Bonchev–Trinajstić information content (AvgIpc) is 2.28. The maximum atomic E-state index is 11.8. The lowest BCUT2D eigenvalue weighted by molar-refractivity contribution is 0.0953. The highest BCUT2D eigenvalue weighted by Gasteiger charge is 2.12. The summed E-state index contributed by atoms with van der Waals surface area (Å²) in [7, 11) is -0.884. The fraction of sp³-hybridized carbons (Fsp3) is 0.455. The molecular weight excluding hydrogens is 295 g/mol. The van der Waals surface area contributed by atoms with Crippen LogP contribution in [0.15, 0.2) is 12.1 Å². The Morgan fingerprint density at radius 2 is 2.17 bits per heavy atom. The monoisotopic (exact) mass is 308 g/mol. The van der Waals surface area contributed by atoms with E-state index >= 15 is 0 Å². The first-order chi connectivity index (χ1) is 8.41. The van der Waals surface area contributed by atoms with Crippen LogP contribution in [0.2, 0.25) is 10.3 Å². The molecule has 0 aliphatic carbocycles. The van der Waals surface area contributed by atoms with Gasteiger partial charge in [-0.25, -0.2) is 4.98 Å². The van der Waals surface area contributed by atoms with Crippen LogP contribution in [-0.2, 0) is 10.8 Å². The molecule has 100 valence electrons. The first-order valence-electron chi connectivity index (χ1n) is 5.34. The highest BCUT2D eigenvalue weighted by atomic mass is 35.5. The first-order valence-corrected chi connectivity index (χ1v) is 7.72. The zero-order valence-electron chi connectivity index (χ0n) is 10.1. The Morgan fingerprint density at radius 3 is 2.72 bits per heavy atom. The second-order valence-corrected chi connectivity index (χ2v) is 6.37. The minimum Gasteiger partial charge on any atom is -0.352 e. The number of pyridine rings is 1. The number of nitrogens with zero attached hydrogens (tertiary/aromatic N) is 1. The van der Waals surface area contributed by atoms with Crippen molar-refractivity contribution in [3.05, 3.63) is 28.0 Å². The summed E-state index contributed by atoms with van der Waals surface area (Å²) in [6.07, 6.45) is 2.29. The van der Waals surface area contributed by atoms with Gasteiger partial charge in [-0.15, -0.1) is 0 Å². The second-order valence-electron chi connectivity index (χ2n) is 3.83. The van der Waals surface area contributed by atoms with E-state index < -0.39 is 10.8 Å². The molecule has 1 amide bonds. The number of hydrogen-bond donors (Lipinski definition) is 1. The molecule has 0 saturated heterocycles. The third kappa shape index (κ3) is 4.55. The lowest BCUT2D eigenvalue weighted by Gasteiger charge is -2.09. The lowest BCUT2D eigenvalue weighted by atomic mass is 10.2. The summed E-state index contributed by atoms with van der Waals surface area (Å²) in [6, 6.07) is 3.03. The number of rotatable bonds is 5. The molecule has 0 saturated carbocycles. The third-order valence-corrected chi connectivity index (χ3v) is 4.33. The molecular formula is C11H14Cl2N2O2S. The Hall–Kier alpha value is -0.650. The molecule has 1 aromatic heterocycles. The van der Waals surface area contributed by atoms with Gasteiger partial charge in [0.05, 0.1) is 5.56 Å². The molecule has 0 spiro atoms. The van der Waals surface area contributed by atoms with E-state index in [2.05, 4.69) is 10.3 Å². The highest BCUT2D eigenvalue weighted by Crippen LogP contribution is 2.16. The number of halogens is 2. The van der Waals surface area contributed by atoms with Crippen LogP contribution < -0.4 is 5.32 Å². The van der Waals surface area contributed by atoms with Crippen molar-refractivity contribution in [2.24, 2.45) is 0 Å². The van der Waals surface area contributed by atoms with Crippen molar-refractivity contribution in [2.45, 2.75) is 18.6 Å². The van der Waals surface area contributed by atoms with Gasteiger partial charge >= 0.3 is 0 Å². The van der Waals surface area contributed by atoms with Crippen molar-refractivity contribution in [1.82, 2.24) is 10.3 Å². The number of carbonyl (C=O) groups is 1. The van der Waals surface area contributed by atoms with E-state index in [9.17, 15) is 9.00 Å². The van der Waals surface area contributed by atoms with Crippen LogP contribution in [0.5, 0.6) is 0 Å². The molecule has 0 aliphatic rings. The molecule has 2 atom stereocenters. The predicted molar refractivity (Wildman–Crippen MR) is 74.7 cm³/mol. The van der Waals surface area contributed by atoms with Gasteiger partial charge in [-0.05, 0) is 18.6 Å². The third-order valence-electron chi connectivity index (χ3n) is 2.46. The molecule has 18 heavy (non-hydrogen) atoms. The minimum atomic E-state index is -0.884. The zero-order valence-corrected chi connectivity index (χ0v) is 12.4. The molecule has 0 radical (unpaired) electrons. The molecule has 1 heterocycles. The molecule has 7 heteroatoms. The minimum absolute atomic E-state index is 0.0455. The molecule has 4 nitrogen and oxygen atoms in total. The number of hydrogen-bond acceptors (Lipinski definition) is 3. The number of nitrogens with one attached hydrogen (secondary N) is 1. The Labute approximate surface area is 119 Å². The van der Waals surface area contributed by atoms with Crippen LogP contribution in [0, 0.1) is 0 Å². The van der Waals surface area contributed by atoms with E-state index in [1.807, 2.05) is 6.92 Å². The topological polar surface area (TPSA) is 59.1 Å². The van der Waals surface area contributed by atoms with Gasteiger partial charge in [-0.3, -0.25) is 9.00 Å². The van der Waals surface area contributed by atoms with Gasteiger partial charge in [0.1, 0.15) is 10.3 Å². The maximum Gasteiger partial charge on any atom is 0.254 e. The van der Waals surface area contributed by atoms with Crippen LogP contribution in [0.3, 0.4) is 0 Å². The van der Waals surface area contributed by atoms with Crippen LogP contribution >= 0.6 is 23.2 Å². The van der Waals surface area contributed by atoms with E-state index in [1.54, 1.807) is 6.26 Å². The second kappa shape index (κ2) is 7.07. The first kappa shape index (κ1) is 15.4. The summed E-state index contributed by atoms with van der Waals surface area (Å²) in [6.45, 7) is 2.32. The summed E-state index contributed by atoms with van der Waals surface area (Å²) in [5, 5.41) is 3.07. The van der Waals surface area contributed by atoms with Crippen molar-refractivity contribution in [2.75, 3.05) is 12.8 Å². The van der Waals surface area contributed by atoms with Gasteiger partial charge in [-0.2, -0.15) is 0 Å². The Morgan fingerprint density at radius 1 is 1.50 bits per heavy atom. The van der Waals surface area contributed by atoms with E-state index in [-0.39, 0.29) is 27.0 Å². The number of carbonyl (C=O) groups excluding carboxylic acids is 1. The van der Waals surface area contributed by atoms with E-state index in [0.29, 0.717) is 13.0 Å². The SMILES string of the molecule is CC(CCNC(=O)c1ccc(Cl)nc1Cl)S(C)=O. The molecule has 0 fully saturated rings. The quantitative estimate of drug-likeness (QED) is 0.849. The predicted octanol–water partition coefficient (Wildman–Crippen LogP) is 2.28. The zero-order chi connectivity index (χ0) is 13.7. The molecule has 2 unspecified atom stereocenters. The van der Waals surface area contributed by atoms with Crippen molar-refractivity contribution in [3.8, 4) is 0 Å². The van der Waals surface area contributed by atoms with Crippen molar-refractivity contribution < 1.29 is 9.00 Å². The lowest BCUT2D eigenvalue weighted by Crippen LogP contribution is -2.27.